The van der Waals surface area contributed by atoms with Crippen molar-refractivity contribution in [3.05, 3.63) is 64.1 Å². The fourth-order valence-corrected chi connectivity index (χ4v) is 3.76. The van der Waals surface area contributed by atoms with Crippen LogP contribution in [-0.2, 0) is 16.0 Å². The van der Waals surface area contributed by atoms with E-state index in [1.54, 1.807) is 11.0 Å². The van der Waals surface area contributed by atoms with Crippen molar-refractivity contribution in [3.63, 3.8) is 0 Å². The second-order valence-corrected chi connectivity index (χ2v) is 7.80. The Balaban J connectivity index is 1.37. The van der Waals surface area contributed by atoms with Gasteiger partial charge in [0.15, 0.2) is 6.61 Å². The van der Waals surface area contributed by atoms with Gasteiger partial charge in [-0.25, -0.2) is 0 Å². The number of hydrogen-bond donors (Lipinski definition) is 1. The number of piperidine rings is 1. The van der Waals surface area contributed by atoms with Crippen molar-refractivity contribution < 1.29 is 14.3 Å². The van der Waals surface area contributed by atoms with E-state index in [4.69, 9.17) is 27.9 Å². The molecule has 1 aliphatic heterocycles. The van der Waals surface area contributed by atoms with E-state index in [1.165, 1.54) is 0 Å². The third-order valence-corrected chi connectivity index (χ3v) is 5.91. The molecule has 1 N–H and O–H groups in total. The quantitative estimate of drug-likeness (QED) is 0.716. The Kier molecular flexibility index (Phi) is 7.78. The number of amides is 2. The van der Waals surface area contributed by atoms with Gasteiger partial charge in [0.05, 0.1) is 10.0 Å². The molecule has 0 saturated carbocycles. The first-order valence-electron chi connectivity index (χ1n) is 9.71. The fourth-order valence-electron chi connectivity index (χ4n) is 3.35. The fraction of sp³-hybridized carbons (Fsp3) is 0.364. The topological polar surface area (TPSA) is 58.6 Å². The Morgan fingerprint density at radius 2 is 1.76 bits per heavy atom. The molecular weight excluding hydrogens is 411 g/mol. The smallest absolute Gasteiger partial charge is 0.260 e. The van der Waals surface area contributed by atoms with Gasteiger partial charge in [0, 0.05) is 25.6 Å². The van der Waals surface area contributed by atoms with Gasteiger partial charge in [0.1, 0.15) is 5.75 Å². The summed E-state index contributed by atoms with van der Waals surface area (Å²) in [6.45, 7) is 1.65. The van der Waals surface area contributed by atoms with Gasteiger partial charge in [0.25, 0.3) is 5.91 Å². The van der Waals surface area contributed by atoms with Crippen LogP contribution in [0.25, 0.3) is 0 Å². The summed E-state index contributed by atoms with van der Waals surface area (Å²) >= 11 is 12.2. The Hall–Kier alpha value is -2.24. The van der Waals surface area contributed by atoms with Crippen molar-refractivity contribution in [2.75, 3.05) is 26.2 Å². The number of hydrogen-bond acceptors (Lipinski definition) is 3. The average molecular weight is 435 g/mol. The van der Waals surface area contributed by atoms with Crippen LogP contribution in [0.4, 0.5) is 0 Å². The van der Waals surface area contributed by atoms with Crippen LogP contribution in [0.15, 0.2) is 48.5 Å². The molecule has 1 heterocycles. The number of benzene rings is 2. The maximum absolute atomic E-state index is 12.4. The molecule has 154 valence electrons. The zero-order valence-electron chi connectivity index (χ0n) is 16.1. The highest BCUT2D eigenvalue weighted by atomic mass is 35.5. The molecule has 3 rings (SSSR count). The summed E-state index contributed by atoms with van der Waals surface area (Å²) in [5.74, 6) is 0.568. The largest absolute Gasteiger partial charge is 0.484 e. The van der Waals surface area contributed by atoms with Crippen LogP contribution >= 0.6 is 23.2 Å². The van der Waals surface area contributed by atoms with E-state index >= 15 is 0 Å². The Morgan fingerprint density at radius 3 is 2.48 bits per heavy atom. The molecule has 0 atom stereocenters. The van der Waals surface area contributed by atoms with Crippen molar-refractivity contribution in [3.8, 4) is 5.75 Å². The summed E-state index contributed by atoms with van der Waals surface area (Å²) in [5.41, 5.74) is 0.915. The second-order valence-electron chi connectivity index (χ2n) is 7.01. The third kappa shape index (κ3) is 6.12. The predicted molar refractivity (Wildman–Crippen MR) is 114 cm³/mol. The first kappa shape index (κ1) is 21.5. The maximum Gasteiger partial charge on any atom is 0.260 e. The number of rotatable bonds is 7. The number of para-hydroxylation sites is 1. The highest BCUT2D eigenvalue weighted by Gasteiger charge is 2.27. The number of nitrogens with zero attached hydrogens (tertiary/aromatic N) is 1. The number of ether oxygens (including phenoxy) is 1. The van der Waals surface area contributed by atoms with Crippen molar-refractivity contribution >= 4 is 35.0 Å². The summed E-state index contributed by atoms with van der Waals surface area (Å²) < 4.78 is 5.52. The molecule has 2 amide bonds. The standard InChI is InChI=1S/C22H24Cl2N2O3/c23-19-8-4-5-16(21(19)24)9-12-25-22(28)17-10-13-26(14-11-17)20(27)15-29-18-6-2-1-3-7-18/h1-8,17H,9-15H2,(H,25,28). The van der Waals surface area contributed by atoms with E-state index in [0.29, 0.717) is 54.7 Å². The number of carbonyl (C=O) groups excluding carboxylic acids is 2. The van der Waals surface area contributed by atoms with E-state index in [2.05, 4.69) is 5.32 Å². The number of carbonyl (C=O) groups is 2. The molecule has 0 bridgehead atoms. The number of nitrogens with one attached hydrogen (secondary N) is 1. The average Bonchev–Trinajstić information content (AvgIpc) is 2.75. The molecule has 0 spiro atoms. The van der Waals surface area contributed by atoms with Gasteiger partial charge >= 0.3 is 0 Å². The SMILES string of the molecule is O=C(NCCc1cccc(Cl)c1Cl)C1CCN(C(=O)COc2ccccc2)CC1. The van der Waals surface area contributed by atoms with Gasteiger partial charge in [-0.3, -0.25) is 9.59 Å². The van der Waals surface area contributed by atoms with Crippen molar-refractivity contribution in [2.45, 2.75) is 19.3 Å². The molecular formula is C22H24Cl2N2O3. The predicted octanol–water partition coefficient (Wildman–Crippen LogP) is 3.97. The van der Waals surface area contributed by atoms with Crippen LogP contribution in [0.1, 0.15) is 18.4 Å². The van der Waals surface area contributed by atoms with Gasteiger partial charge in [0.2, 0.25) is 5.91 Å². The van der Waals surface area contributed by atoms with Crippen LogP contribution in [-0.4, -0.2) is 43.0 Å². The van der Waals surface area contributed by atoms with Crippen molar-refractivity contribution in [2.24, 2.45) is 5.92 Å². The molecule has 0 radical (unpaired) electrons. The number of halogens is 2. The Labute approximate surface area is 180 Å². The van der Waals surface area contributed by atoms with Crippen molar-refractivity contribution in [1.82, 2.24) is 10.2 Å². The van der Waals surface area contributed by atoms with Gasteiger partial charge in [-0.05, 0) is 43.0 Å². The van der Waals surface area contributed by atoms with E-state index in [1.807, 2.05) is 42.5 Å². The van der Waals surface area contributed by atoms with E-state index in [9.17, 15) is 9.59 Å². The van der Waals surface area contributed by atoms with Crippen LogP contribution < -0.4 is 10.1 Å². The van der Waals surface area contributed by atoms with E-state index < -0.39 is 0 Å². The second kappa shape index (κ2) is 10.5. The normalized spacial score (nSPS) is 14.5. The summed E-state index contributed by atoms with van der Waals surface area (Å²) in [7, 11) is 0. The highest BCUT2D eigenvalue weighted by Crippen LogP contribution is 2.25. The third-order valence-electron chi connectivity index (χ3n) is 5.05. The lowest BCUT2D eigenvalue weighted by Crippen LogP contribution is -2.44. The number of likely N-dealkylation sites (tertiary alicyclic amines) is 1. The summed E-state index contributed by atoms with van der Waals surface area (Å²) in [6.07, 6.45) is 1.93. The van der Waals surface area contributed by atoms with Crippen LogP contribution in [0, 0.1) is 5.92 Å². The molecule has 1 fully saturated rings. The van der Waals surface area contributed by atoms with Crippen LogP contribution in [0.2, 0.25) is 10.0 Å². The van der Waals surface area contributed by atoms with Crippen LogP contribution in [0.3, 0.4) is 0 Å². The van der Waals surface area contributed by atoms with E-state index in [-0.39, 0.29) is 24.3 Å². The zero-order valence-corrected chi connectivity index (χ0v) is 17.6. The molecule has 0 unspecified atom stereocenters. The maximum atomic E-state index is 12.4. The van der Waals surface area contributed by atoms with E-state index in [0.717, 1.165) is 5.56 Å². The van der Waals surface area contributed by atoms with Crippen LogP contribution in [0.5, 0.6) is 5.75 Å². The lowest BCUT2D eigenvalue weighted by Gasteiger charge is -2.31. The van der Waals surface area contributed by atoms with Gasteiger partial charge in [-0.1, -0.05) is 53.5 Å². The van der Waals surface area contributed by atoms with Gasteiger partial charge in [-0.15, -0.1) is 0 Å². The summed E-state index contributed by atoms with van der Waals surface area (Å²) in [6, 6.07) is 14.8. The molecule has 1 saturated heterocycles. The monoisotopic (exact) mass is 434 g/mol. The van der Waals surface area contributed by atoms with Crippen molar-refractivity contribution in [1.29, 1.82) is 0 Å². The minimum absolute atomic E-state index is 0.0151. The first-order chi connectivity index (χ1) is 14.0. The molecule has 29 heavy (non-hydrogen) atoms. The summed E-state index contributed by atoms with van der Waals surface area (Å²) in [5, 5.41) is 4.02. The lowest BCUT2D eigenvalue weighted by molar-refractivity contribution is -0.137. The Bertz CT molecular complexity index is 837. The molecule has 0 aromatic heterocycles. The summed E-state index contributed by atoms with van der Waals surface area (Å²) in [4.78, 5) is 26.5. The zero-order chi connectivity index (χ0) is 20.6. The molecule has 5 nitrogen and oxygen atoms in total. The minimum Gasteiger partial charge on any atom is -0.484 e. The highest BCUT2D eigenvalue weighted by molar-refractivity contribution is 6.42. The molecule has 1 aliphatic rings. The molecule has 0 aliphatic carbocycles. The lowest BCUT2D eigenvalue weighted by atomic mass is 9.96. The minimum atomic E-state index is -0.0797. The molecule has 7 heteroatoms. The Morgan fingerprint density at radius 1 is 1.03 bits per heavy atom. The first-order valence-corrected chi connectivity index (χ1v) is 10.5. The molecule has 2 aromatic carbocycles. The molecule has 2 aromatic rings. The van der Waals surface area contributed by atoms with Gasteiger partial charge in [-0.2, -0.15) is 0 Å². The van der Waals surface area contributed by atoms with Gasteiger partial charge < -0.3 is 15.0 Å².